The average Bonchev–Trinajstić information content (AvgIpc) is 2.96. The van der Waals surface area contributed by atoms with Crippen LogP contribution in [-0.4, -0.2) is 42.6 Å². The summed E-state index contributed by atoms with van der Waals surface area (Å²) in [7, 11) is -2.94. The molecule has 5 nitrogen and oxygen atoms in total. The van der Waals surface area contributed by atoms with Crippen LogP contribution >= 0.6 is 23.1 Å². The number of sulfone groups is 1. The molecule has 0 bridgehead atoms. The van der Waals surface area contributed by atoms with E-state index in [-0.39, 0.29) is 23.5 Å². The zero-order valence-corrected chi connectivity index (χ0v) is 14.6. The van der Waals surface area contributed by atoms with Crippen molar-refractivity contribution in [2.24, 2.45) is 0 Å². The van der Waals surface area contributed by atoms with Gasteiger partial charge in [0, 0.05) is 23.1 Å². The van der Waals surface area contributed by atoms with Crippen LogP contribution in [0.5, 0.6) is 0 Å². The Morgan fingerprint density at radius 2 is 2.33 bits per heavy atom. The monoisotopic (exact) mass is 348 g/mol. The van der Waals surface area contributed by atoms with E-state index in [1.165, 1.54) is 11.8 Å². The van der Waals surface area contributed by atoms with Crippen LogP contribution in [0.15, 0.2) is 5.38 Å². The lowest BCUT2D eigenvalue weighted by atomic mass is 10.2. The second-order valence-electron chi connectivity index (χ2n) is 5.49. The Labute approximate surface area is 133 Å². The molecule has 118 valence electrons. The molecule has 0 spiro atoms. The van der Waals surface area contributed by atoms with Crippen LogP contribution < -0.4 is 5.32 Å². The van der Waals surface area contributed by atoms with E-state index in [0.29, 0.717) is 23.8 Å². The Morgan fingerprint density at radius 3 is 2.90 bits per heavy atom. The standard InChI is InChI=1S/C13H20N2O3S3/c1-9(2)13-15-11(6-20-13)5-19-7-12(16)14-10-3-4-21(17,18)8-10/h6,9-10H,3-5,7-8H2,1-2H3,(H,14,16)/t10-/m0/s1. The summed E-state index contributed by atoms with van der Waals surface area (Å²) in [6, 6.07) is -0.213. The SMILES string of the molecule is CC(C)c1nc(CSCC(=O)N[C@H]2CCS(=O)(=O)C2)cs1. The number of hydrogen-bond donors (Lipinski definition) is 1. The van der Waals surface area contributed by atoms with Gasteiger partial charge < -0.3 is 5.32 Å². The van der Waals surface area contributed by atoms with Crippen molar-refractivity contribution in [3.8, 4) is 0 Å². The highest BCUT2D eigenvalue weighted by Gasteiger charge is 2.28. The number of carbonyl (C=O) groups excluding carboxylic acids is 1. The van der Waals surface area contributed by atoms with Crippen LogP contribution in [0, 0.1) is 0 Å². The van der Waals surface area contributed by atoms with Gasteiger partial charge in [-0.3, -0.25) is 4.79 Å². The van der Waals surface area contributed by atoms with Crippen molar-refractivity contribution in [2.45, 2.75) is 38.0 Å². The van der Waals surface area contributed by atoms with Gasteiger partial charge in [0.25, 0.3) is 0 Å². The molecule has 0 radical (unpaired) electrons. The number of thiazole rings is 1. The summed E-state index contributed by atoms with van der Waals surface area (Å²) in [5, 5.41) is 5.94. The molecule has 21 heavy (non-hydrogen) atoms. The molecule has 1 saturated heterocycles. The van der Waals surface area contributed by atoms with Crippen molar-refractivity contribution in [2.75, 3.05) is 17.3 Å². The van der Waals surface area contributed by atoms with Gasteiger partial charge in [0.2, 0.25) is 5.91 Å². The molecule has 1 fully saturated rings. The van der Waals surface area contributed by atoms with Gasteiger partial charge in [-0.25, -0.2) is 13.4 Å². The van der Waals surface area contributed by atoms with Gasteiger partial charge >= 0.3 is 0 Å². The van der Waals surface area contributed by atoms with Gasteiger partial charge in [0.1, 0.15) is 0 Å². The Hall–Kier alpha value is -0.600. The molecule has 1 aliphatic rings. The minimum atomic E-state index is -2.94. The van der Waals surface area contributed by atoms with E-state index < -0.39 is 9.84 Å². The molecule has 1 aliphatic heterocycles. The Bertz CT molecular complexity index is 596. The number of nitrogens with one attached hydrogen (secondary N) is 1. The third-order valence-corrected chi connectivity index (χ3v) is 7.07. The highest BCUT2D eigenvalue weighted by Crippen LogP contribution is 2.21. The minimum absolute atomic E-state index is 0.0766. The summed E-state index contributed by atoms with van der Waals surface area (Å²) in [5.74, 6) is 1.64. The Morgan fingerprint density at radius 1 is 1.57 bits per heavy atom. The molecule has 1 atom stereocenters. The summed E-state index contributed by atoms with van der Waals surface area (Å²) in [6.45, 7) is 4.22. The fourth-order valence-corrected chi connectivity index (χ4v) is 5.42. The zero-order valence-electron chi connectivity index (χ0n) is 12.2. The van der Waals surface area contributed by atoms with E-state index in [9.17, 15) is 13.2 Å². The van der Waals surface area contributed by atoms with Crippen LogP contribution in [0.4, 0.5) is 0 Å². The molecule has 0 aliphatic carbocycles. The molecule has 1 aromatic heterocycles. The van der Waals surface area contributed by atoms with Crippen molar-refractivity contribution in [3.05, 3.63) is 16.1 Å². The molecule has 1 aromatic rings. The maximum absolute atomic E-state index is 11.8. The fourth-order valence-electron chi connectivity index (χ4n) is 2.08. The summed E-state index contributed by atoms with van der Waals surface area (Å²) >= 11 is 3.16. The number of thioether (sulfide) groups is 1. The second kappa shape index (κ2) is 7.11. The first-order valence-electron chi connectivity index (χ1n) is 6.87. The molecule has 1 N–H and O–H groups in total. The average molecular weight is 349 g/mol. The van der Waals surface area contributed by atoms with Crippen LogP contribution in [0.3, 0.4) is 0 Å². The van der Waals surface area contributed by atoms with E-state index in [1.807, 2.05) is 5.38 Å². The lowest BCUT2D eigenvalue weighted by Crippen LogP contribution is -2.36. The summed E-state index contributed by atoms with van der Waals surface area (Å²) < 4.78 is 22.6. The van der Waals surface area contributed by atoms with Crippen LogP contribution in [0.1, 0.15) is 36.9 Å². The molecular weight excluding hydrogens is 328 g/mol. The number of hydrogen-bond acceptors (Lipinski definition) is 6. The first-order valence-corrected chi connectivity index (χ1v) is 10.7. The molecule has 2 heterocycles. The van der Waals surface area contributed by atoms with E-state index in [1.54, 1.807) is 11.3 Å². The highest BCUT2D eigenvalue weighted by atomic mass is 32.2. The summed E-state index contributed by atoms with van der Waals surface area (Å²) in [5.41, 5.74) is 1.00. The predicted molar refractivity (Wildman–Crippen MR) is 87.6 cm³/mol. The molecular formula is C13H20N2O3S3. The molecule has 8 heteroatoms. The van der Waals surface area contributed by atoms with Crippen molar-refractivity contribution >= 4 is 38.8 Å². The second-order valence-corrected chi connectivity index (χ2v) is 9.60. The largest absolute Gasteiger partial charge is 0.352 e. The lowest BCUT2D eigenvalue weighted by Gasteiger charge is -2.10. The third kappa shape index (κ3) is 5.27. The smallest absolute Gasteiger partial charge is 0.230 e. The van der Waals surface area contributed by atoms with E-state index >= 15 is 0 Å². The topological polar surface area (TPSA) is 76.1 Å². The van der Waals surface area contributed by atoms with E-state index in [2.05, 4.69) is 24.1 Å². The zero-order chi connectivity index (χ0) is 15.5. The molecule has 0 aromatic carbocycles. The number of amides is 1. The maximum Gasteiger partial charge on any atom is 0.230 e. The lowest BCUT2D eigenvalue weighted by molar-refractivity contribution is -0.119. The highest BCUT2D eigenvalue weighted by molar-refractivity contribution is 7.99. The van der Waals surface area contributed by atoms with Crippen molar-refractivity contribution < 1.29 is 13.2 Å². The van der Waals surface area contributed by atoms with Gasteiger partial charge in [-0.15, -0.1) is 23.1 Å². The summed E-state index contributed by atoms with van der Waals surface area (Å²) in [6.07, 6.45) is 0.530. The van der Waals surface area contributed by atoms with E-state index in [4.69, 9.17) is 0 Å². The molecule has 0 saturated carbocycles. The quantitative estimate of drug-likeness (QED) is 0.848. The first-order chi connectivity index (χ1) is 9.85. The number of rotatable bonds is 6. The Balaban J connectivity index is 1.69. The first kappa shape index (κ1) is 16.8. The molecule has 0 unspecified atom stereocenters. The Kier molecular flexibility index (Phi) is 5.67. The fraction of sp³-hybridized carbons (Fsp3) is 0.692. The number of aromatic nitrogens is 1. The van der Waals surface area contributed by atoms with Gasteiger partial charge in [-0.1, -0.05) is 13.8 Å². The number of nitrogens with zero attached hydrogens (tertiary/aromatic N) is 1. The van der Waals surface area contributed by atoms with Gasteiger partial charge in [0.05, 0.1) is 28.0 Å². The van der Waals surface area contributed by atoms with Crippen molar-refractivity contribution in [3.63, 3.8) is 0 Å². The number of carbonyl (C=O) groups is 1. The van der Waals surface area contributed by atoms with Gasteiger partial charge in [-0.05, 0) is 6.42 Å². The predicted octanol–water partition coefficient (Wildman–Crippen LogP) is 1.80. The summed E-state index contributed by atoms with van der Waals surface area (Å²) in [4.78, 5) is 16.3. The maximum atomic E-state index is 11.8. The van der Waals surface area contributed by atoms with Crippen LogP contribution in [0.2, 0.25) is 0 Å². The minimum Gasteiger partial charge on any atom is -0.352 e. The van der Waals surface area contributed by atoms with Crippen LogP contribution in [0.25, 0.3) is 0 Å². The third-order valence-electron chi connectivity index (χ3n) is 3.14. The molecule has 2 rings (SSSR count). The van der Waals surface area contributed by atoms with Crippen molar-refractivity contribution in [1.29, 1.82) is 0 Å². The van der Waals surface area contributed by atoms with Crippen LogP contribution in [-0.2, 0) is 20.4 Å². The van der Waals surface area contributed by atoms with Crippen molar-refractivity contribution in [1.82, 2.24) is 10.3 Å². The molecule has 1 amide bonds. The van der Waals surface area contributed by atoms with Gasteiger partial charge in [-0.2, -0.15) is 0 Å². The van der Waals surface area contributed by atoms with E-state index in [0.717, 1.165) is 10.7 Å². The normalized spacial score (nSPS) is 20.8. The van der Waals surface area contributed by atoms with Gasteiger partial charge in [0.15, 0.2) is 9.84 Å².